The highest BCUT2D eigenvalue weighted by Crippen LogP contribution is 2.26. The summed E-state index contributed by atoms with van der Waals surface area (Å²) >= 11 is 18.0. The molecule has 112 valence electrons. The number of nitrogens with one attached hydrogen (secondary N) is 1. The van der Waals surface area contributed by atoms with Crippen molar-refractivity contribution >= 4 is 52.0 Å². The quantitative estimate of drug-likeness (QED) is 0.714. The van der Waals surface area contributed by atoms with E-state index in [4.69, 9.17) is 34.8 Å². The number of fused-ring (bicyclic) bond motifs is 1. The molecular formula is C15H10Cl3N3O. The molecule has 0 fully saturated rings. The Balaban J connectivity index is 2.04. The number of amides is 1. The summed E-state index contributed by atoms with van der Waals surface area (Å²) in [5.41, 5.74) is 2.08. The van der Waals surface area contributed by atoms with Crippen LogP contribution in [-0.2, 0) is 0 Å². The van der Waals surface area contributed by atoms with Gasteiger partial charge >= 0.3 is 0 Å². The third-order valence-electron chi connectivity index (χ3n) is 3.15. The second-order valence-corrected chi connectivity index (χ2v) is 5.98. The predicted octanol–water partition coefficient (Wildman–Crippen LogP) is 4.86. The zero-order valence-corrected chi connectivity index (χ0v) is 13.7. The maximum atomic E-state index is 12.6. The number of benzene rings is 1. The molecule has 0 atom stereocenters. The van der Waals surface area contributed by atoms with Crippen molar-refractivity contribution in [1.82, 2.24) is 9.38 Å². The number of imidazole rings is 1. The van der Waals surface area contributed by atoms with Crippen LogP contribution >= 0.6 is 34.8 Å². The minimum atomic E-state index is -0.337. The van der Waals surface area contributed by atoms with Crippen LogP contribution in [0, 0.1) is 6.92 Å². The normalized spacial score (nSPS) is 10.9. The monoisotopic (exact) mass is 353 g/mol. The van der Waals surface area contributed by atoms with E-state index in [-0.39, 0.29) is 5.91 Å². The standard InChI is InChI=1S/C15H10Cl3N3O/c1-8-14(21-7-10(17)3-5-13(21)19-8)15(22)20-12-6-9(16)2-4-11(12)18/h2-7H,1H3,(H,20,22). The molecule has 2 heterocycles. The smallest absolute Gasteiger partial charge is 0.274 e. The number of hydrogen-bond acceptors (Lipinski definition) is 2. The van der Waals surface area contributed by atoms with Gasteiger partial charge in [-0.25, -0.2) is 4.98 Å². The van der Waals surface area contributed by atoms with Gasteiger partial charge in [0.15, 0.2) is 0 Å². The maximum Gasteiger partial charge on any atom is 0.274 e. The number of carbonyl (C=O) groups excluding carboxylic acids is 1. The molecule has 7 heteroatoms. The van der Waals surface area contributed by atoms with Gasteiger partial charge in [-0.2, -0.15) is 0 Å². The van der Waals surface area contributed by atoms with E-state index in [2.05, 4.69) is 10.3 Å². The van der Waals surface area contributed by atoms with Crippen LogP contribution in [0.25, 0.3) is 5.65 Å². The van der Waals surface area contributed by atoms with Crippen LogP contribution in [0.5, 0.6) is 0 Å². The molecule has 0 saturated carbocycles. The minimum Gasteiger partial charge on any atom is -0.319 e. The summed E-state index contributed by atoms with van der Waals surface area (Å²) in [6.07, 6.45) is 1.64. The first-order valence-corrected chi connectivity index (χ1v) is 7.49. The number of anilines is 1. The Kier molecular flexibility index (Phi) is 4.00. The first-order valence-electron chi connectivity index (χ1n) is 6.36. The zero-order chi connectivity index (χ0) is 15.9. The second kappa shape index (κ2) is 5.80. The van der Waals surface area contributed by atoms with Crippen LogP contribution in [0.3, 0.4) is 0 Å². The highest BCUT2D eigenvalue weighted by atomic mass is 35.5. The molecule has 0 unspecified atom stereocenters. The molecule has 3 rings (SSSR count). The Labute approximate surface area is 141 Å². The van der Waals surface area contributed by atoms with Gasteiger partial charge in [0, 0.05) is 11.2 Å². The van der Waals surface area contributed by atoms with Crippen LogP contribution in [0.15, 0.2) is 36.5 Å². The Hall–Kier alpha value is -1.75. The number of hydrogen-bond donors (Lipinski definition) is 1. The molecule has 3 aromatic rings. The summed E-state index contributed by atoms with van der Waals surface area (Å²) in [6.45, 7) is 1.76. The summed E-state index contributed by atoms with van der Waals surface area (Å²) in [7, 11) is 0. The third-order valence-corrected chi connectivity index (χ3v) is 3.94. The Bertz CT molecular complexity index is 889. The number of halogens is 3. The van der Waals surface area contributed by atoms with Gasteiger partial charge in [0.1, 0.15) is 11.3 Å². The number of aromatic nitrogens is 2. The van der Waals surface area contributed by atoms with E-state index in [1.165, 1.54) is 0 Å². The van der Waals surface area contributed by atoms with E-state index in [0.717, 1.165) is 0 Å². The van der Waals surface area contributed by atoms with Gasteiger partial charge in [0.25, 0.3) is 5.91 Å². The maximum absolute atomic E-state index is 12.6. The van der Waals surface area contributed by atoms with E-state index in [0.29, 0.717) is 37.8 Å². The molecule has 1 N–H and O–H groups in total. The molecular weight excluding hydrogens is 345 g/mol. The molecule has 1 amide bonds. The van der Waals surface area contributed by atoms with Gasteiger partial charge in [-0.05, 0) is 37.3 Å². The van der Waals surface area contributed by atoms with E-state index in [1.807, 2.05) is 0 Å². The fraction of sp³-hybridized carbons (Fsp3) is 0.0667. The van der Waals surface area contributed by atoms with Crippen molar-refractivity contribution in [2.24, 2.45) is 0 Å². The molecule has 0 bridgehead atoms. The first kappa shape index (κ1) is 15.2. The second-order valence-electron chi connectivity index (χ2n) is 4.70. The molecule has 4 nitrogen and oxygen atoms in total. The van der Waals surface area contributed by atoms with Gasteiger partial charge in [-0.3, -0.25) is 9.20 Å². The molecule has 0 aliphatic heterocycles. The van der Waals surface area contributed by atoms with Gasteiger partial charge in [-0.1, -0.05) is 34.8 Å². The van der Waals surface area contributed by atoms with Gasteiger partial charge in [-0.15, -0.1) is 0 Å². The Morgan fingerprint density at radius 2 is 1.86 bits per heavy atom. The topological polar surface area (TPSA) is 46.4 Å². The van der Waals surface area contributed by atoms with E-state index in [9.17, 15) is 4.79 Å². The van der Waals surface area contributed by atoms with Crippen molar-refractivity contribution in [3.05, 3.63) is 63.0 Å². The molecule has 0 aliphatic carbocycles. The summed E-state index contributed by atoms with van der Waals surface area (Å²) in [5, 5.41) is 4.15. The zero-order valence-electron chi connectivity index (χ0n) is 11.4. The minimum absolute atomic E-state index is 0.337. The van der Waals surface area contributed by atoms with Crippen molar-refractivity contribution in [2.75, 3.05) is 5.32 Å². The highest BCUT2D eigenvalue weighted by molar-refractivity contribution is 6.36. The highest BCUT2D eigenvalue weighted by Gasteiger charge is 2.18. The number of pyridine rings is 1. The van der Waals surface area contributed by atoms with Crippen molar-refractivity contribution < 1.29 is 4.79 Å². The fourth-order valence-corrected chi connectivity index (χ4v) is 2.68. The lowest BCUT2D eigenvalue weighted by molar-refractivity contribution is 0.102. The van der Waals surface area contributed by atoms with Crippen molar-refractivity contribution in [1.29, 1.82) is 0 Å². The van der Waals surface area contributed by atoms with E-state index in [1.54, 1.807) is 47.9 Å². The number of carbonyl (C=O) groups is 1. The molecule has 0 radical (unpaired) electrons. The van der Waals surface area contributed by atoms with Crippen LogP contribution < -0.4 is 5.32 Å². The van der Waals surface area contributed by atoms with Gasteiger partial charge in [0.05, 0.1) is 21.4 Å². The van der Waals surface area contributed by atoms with Gasteiger partial charge in [0.2, 0.25) is 0 Å². The summed E-state index contributed by atoms with van der Waals surface area (Å²) < 4.78 is 1.64. The van der Waals surface area contributed by atoms with E-state index >= 15 is 0 Å². The van der Waals surface area contributed by atoms with E-state index < -0.39 is 0 Å². The Morgan fingerprint density at radius 1 is 1.14 bits per heavy atom. The lowest BCUT2D eigenvalue weighted by atomic mass is 10.2. The van der Waals surface area contributed by atoms with Crippen LogP contribution in [0.2, 0.25) is 15.1 Å². The SMILES string of the molecule is Cc1nc2ccc(Cl)cn2c1C(=O)Nc1cc(Cl)ccc1Cl. The van der Waals surface area contributed by atoms with Crippen molar-refractivity contribution in [3.8, 4) is 0 Å². The molecule has 0 spiro atoms. The van der Waals surface area contributed by atoms with Crippen LogP contribution in [0.4, 0.5) is 5.69 Å². The Morgan fingerprint density at radius 3 is 2.64 bits per heavy atom. The van der Waals surface area contributed by atoms with Crippen LogP contribution in [0.1, 0.15) is 16.2 Å². The average Bonchev–Trinajstić information content (AvgIpc) is 2.78. The lowest BCUT2D eigenvalue weighted by Gasteiger charge is -2.08. The summed E-state index contributed by atoms with van der Waals surface area (Å²) in [5.74, 6) is -0.337. The van der Waals surface area contributed by atoms with Crippen molar-refractivity contribution in [3.63, 3.8) is 0 Å². The van der Waals surface area contributed by atoms with Crippen LogP contribution in [-0.4, -0.2) is 15.3 Å². The molecule has 0 saturated heterocycles. The summed E-state index contributed by atoms with van der Waals surface area (Å²) in [6, 6.07) is 8.33. The van der Waals surface area contributed by atoms with Crippen molar-refractivity contribution in [2.45, 2.75) is 6.92 Å². The molecule has 1 aromatic carbocycles. The number of nitrogens with zero attached hydrogens (tertiary/aromatic N) is 2. The number of aryl methyl sites for hydroxylation is 1. The predicted molar refractivity (Wildman–Crippen MR) is 89.4 cm³/mol. The molecule has 22 heavy (non-hydrogen) atoms. The third kappa shape index (κ3) is 2.77. The molecule has 2 aromatic heterocycles. The largest absolute Gasteiger partial charge is 0.319 e. The summed E-state index contributed by atoms with van der Waals surface area (Å²) in [4.78, 5) is 16.9. The fourth-order valence-electron chi connectivity index (χ4n) is 2.18. The lowest BCUT2D eigenvalue weighted by Crippen LogP contribution is -2.15. The number of rotatable bonds is 2. The van der Waals surface area contributed by atoms with Gasteiger partial charge < -0.3 is 5.32 Å². The molecule has 0 aliphatic rings. The average molecular weight is 355 g/mol. The first-order chi connectivity index (χ1) is 10.5.